The molecule has 5 rings (SSSR count). The van der Waals surface area contributed by atoms with E-state index >= 15 is 0 Å². The van der Waals surface area contributed by atoms with Crippen molar-refractivity contribution in [3.8, 4) is 0 Å². The Hall–Kier alpha value is -3.37. The van der Waals surface area contributed by atoms with Crippen LogP contribution in [-0.4, -0.2) is 59.6 Å². The lowest BCUT2D eigenvalue weighted by Crippen LogP contribution is -2.41. The van der Waals surface area contributed by atoms with Gasteiger partial charge in [0.25, 0.3) is 0 Å². The third-order valence-electron chi connectivity index (χ3n) is 6.53. The molecule has 0 atom stereocenters. The second-order valence-corrected chi connectivity index (χ2v) is 9.17. The molecule has 0 unspecified atom stereocenters. The molecule has 1 N–H and O–H groups in total. The molecule has 2 aromatic rings. The van der Waals surface area contributed by atoms with Crippen LogP contribution in [0, 0.1) is 5.92 Å². The molecule has 2 aliphatic heterocycles. The maximum absolute atomic E-state index is 13.4. The van der Waals surface area contributed by atoms with Gasteiger partial charge in [-0.1, -0.05) is 12.1 Å². The second-order valence-electron chi connectivity index (χ2n) is 9.17. The van der Waals surface area contributed by atoms with E-state index in [-0.39, 0.29) is 12.0 Å². The minimum Gasteiger partial charge on any atom is -0.450 e. The van der Waals surface area contributed by atoms with Crippen molar-refractivity contribution in [2.75, 3.05) is 25.0 Å². The molecule has 1 aliphatic carbocycles. The standard InChI is InChI=1S/C25H26BF3N5O2/c1-2-36-24(35)34-12-9-15(10-13-34)22-26-20(19-8-11-30-23(32-19)31-18-6-7-18)21(33-22)16-4-3-5-17(14-16)25(27,28)29/h3-5,8,11,14-15,18H,2,6-7,9-10,12-13H2,1H3,(H,30,31,32). The Kier molecular flexibility index (Phi) is 6.72. The number of hydrogen-bond donors (Lipinski definition) is 1. The van der Waals surface area contributed by atoms with Crippen LogP contribution in [0.5, 0.6) is 0 Å². The molecule has 1 amide bonds. The molecule has 1 saturated heterocycles. The lowest BCUT2D eigenvalue weighted by Gasteiger charge is -2.31. The summed E-state index contributed by atoms with van der Waals surface area (Å²) in [5.74, 6) is 0.565. The number of nitrogens with one attached hydrogen (secondary N) is 1. The number of amides is 1. The average molecular weight is 496 g/mol. The topological polar surface area (TPSA) is 79.7 Å². The van der Waals surface area contributed by atoms with Crippen LogP contribution in [-0.2, 0) is 10.9 Å². The molecule has 0 bridgehead atoms. The highest BCUT2D eigenvalue weighted by atomic mass is 19.4. The second kappa shape index (κ2) is 9.95. The molecule has 11 heteroatoms. The third kappa shape index (κ3) is 5.39. The third-order valence-corrected chi connectivity index (χ3v) is 6.53. The quantitative estimate of drug-likeness (QED) is 0.577. The number of ether oxygens (including phenoxy) is 1. The van der Waals surface area contributed by atoms with Crippen LogP contribution < -0.4 is 5.32 Å². The van der Waals surface area contributed by atoms with Crippen molar-refractivity contribution < 1.29 is 22.7 Å². The van der Waals surface area contributed by atoms with Gasteiger partial charge < -0.3 is 15.0 Å². The molecule has 2 fully saturated rings. The number of carbonyl (C=O) groups excluding carboxylic acids is 1. The van der Waals surface area contributed by atoms with Crippen LogP contribution in [0.25, 0.3) is 11.2 Å². The maximum Gasteiger partial charge on any atom is 0.416 e. The monoisotopic (exact) mass is 496 g/mol. The lowest BCUT2D eigenvalue weighted by atomic mass is 9.60. The number of piperidine rings is 1. The van der Waals surface area contributed by atoms with E-state index in [1.807, 2.05) is 7.28 Å². The van der Waals surface area contributed by atoms with Crippen molar-refractivity contribution in [3.63, 3.8) is 0 Å². The van der Waals surface area contributed by atoms with Crippen LogP contribution >= 0.6 is 0 Å². The van der Waals surface area contributed by atoms with Gasteiger partial charge in [0, 0.05) is 30.9 Å². The zero-order valence-electron chi connectivity index (χ0n) is 19.9. The number of aliphatic imine (C=N–C) groups is 1. The summed E-state index contributed by atoms with van der Waals surface area (Å²) in [6, 6.07) is 7.33. The number of halogens is 3. The van der Waals surface area contributed by atoms with Crippen molar-refractivity contribution in [1.82, 2.24) is 14.9 Å². The van der Waals surface area contributed by atoms with Crippen LogP contribution in [0.1, 0.15) is 49.4 Å². The normalized spacial score (nSPS) is 18.7. The Morgan fingerprint density at radius 1 is 1.19 bits per heavy atom. The van der Waals surface area contributed by atoms with Crippen LogP contribution in [0.2, 0.25) is 0 Å². The molecular formula is C25H26BF3N5O2. The van der Waals surface area contributed by atoms with Crippen molar-refractivity contribution in [3.05, 3.63) is 53.3 Å². The van der Waals surface area contributed by atoms with Gasteiger partial charge in [0.2, 0.25) is 13.2 Å². The molecule has 0 spiro atoms. The van der Waals surface area contributed by atoms with Crippen molar-refractivity contribution in [1.29, 1.82) is 0 Å². The molecule has 1 aromatic heterocycles. The van der Waals surface area contributed by atoms with Crippen LogP contribution in [0.4, 0.5) is 23.9 Å². The number of nitrogens with zero attached hydrogens (tertiary/aromatic N) is 4. The first kappa shape index (κ1) is 24.3. The number of benzene rings is 1. The van der Waals surface area contributed by atoms with Crippen LogP contribution in [0.15, 0.2) is 41.5 Å². The molecule has 7 nitrogen and oxygen atoms in total. The molecule has 1 aromatic carbocycles. The minimum atomic E-state index is -4.46. The van der Waals surface area contributed by atoms with E-state index in [1.165, 1.54) is 6.07 Å². The van der Waals surface area contributed by atoms with E-state index in [0.717, 1.165) is 30.6 Å². The van der Waals surface area contributed by atoms with Crippen LogP contribution in [0.3, 0.4) is 0 Å². The fourth-order valence-corrected chi connectivity index (χ4v) is 4.47. The van der Waals surface area contributed by atoms with Gasteiger partial charge in [0.1, 0.15) is 0 Å². The minimum absolute atomic E-state index is 0.0693. The predicted octanol–water partition coefficient (Wildman–Crippen LogP) is 4.88. The number of likely N-dealkylation sites (tertiary alicyclic amines) is 1. The lowest BCUT2D eigenvalue weighted by molar-refractivity contribution is -0.137. The number of hydrogen-bond acceptors (Lipinski definition) is 6. The first-order valence-corrected chi connectivity index (χ1v) is 12.2. The highest BCUT2D eigenvalue weighted by molar-refractivity contribution is 6.93. The zero-order valence-corrected chi connectivity index (χ0v) is 19.9. The first-order chi connectivity index (χ1) is 17.3. The number of rotatable bonds is 6. The first-order valence-electron chi connectivity index (χ1n) is 12.2. The van der Waals surface area contributed by atoms with Gasteiger partial charge >= 0.3 is 12.3 Å². The summed E-state index contributed by atoms with van der Waals surface area (Å²) < 4.78 is 45.4. The van der Waals surface area contributed by atoms with E-state index in [9.17, 15) is 18.0 Å². The Bertz CT molecular complexity index is 1200. The Morgan fingerprint density at radius 2 is 1.97 bits per heavy atom. The molecule has 36 heavy (non-hydrogen) atoms. The largest absolute Gasteiger partial charge is 0.450 e. The SMILES string of the molecule is CCOC(=O)N1CCC(C2=NC(c3cccc(C(F)(F)F)c3)=C(c3ccnc(NC4CC4)n3)[B]2)CC1. The fraction of sp³-hybridized carbons (Fsp3) is 0.440. The summed E-state index contributed by atoms with van der Waals surface area (Å²) in [5, 5.41) is 3.27. The smallest absolute Gasteiger partial charge is 0.416 e. The van der Waals surface area contributed by atoms with Crippen molar-refractivity contribution in [2.45, 2.75) is 44.8 Å². The molecule has 3 heterocycles. The van der Waals surface area contributed by atoms with E-state index in [0.29, 0.717) is 67.0 Å². The molecule has 1 saturated carbocycles. The summed E-state index contributed by atoms with van der Waals surface area (Å²) in [5.41, 5.74) is 2.17. The molecule has 187 valence electrons. The summed E-state index contributed by atoms with van der Waals surface area (Å²) in [6.07, 6.45) is 0.375. The number of anilines is 1. The number of alkyl halides is 3. The number of carbonyl (C=O) groups is 1. The van der Waals surface area contributed by atoms with E-state index in [2.05, 4.69) is 15.3 Å². The highest BCUT2D eigenvalue weighted by Gasteiger charge is 2.34. The number of aromatic nitrogens is 2. The Balaban J connectivity index is 1.44. The zero-order chi connectivity index (χ0) is 25.3. The Morgan fingerprint density at radius 3 is 2.67 bits per heavy atom. The highest BCUT2D eigenvalue weighted by Crippen LogP contribution is 2.37. The summed E-state index contributed by atoms with van der Waals surface area (Å²) >= 11 is 0. The molecule has 3 aliphatic rings. The van der Waals surface area contributed by atoms with Gasteiger partial charge in [-0.25, -0.2) is 14.8 Å². The van der Waals surface area contributed by atoms with Crippen molar-refractivity contribution >= 4 is 36.1 Å². The summed E-state index contributed by atoms with van der Waals surface area (Å²) in [6.45, 7) is 3.17. The Labute approximate surface area is 208 Å². The summed E-state index contributed by atoms with van der Waals surface area (Å²) in [4.78, 5) is 27.5. The van der Waals surface area contributed by atoms with E-state index < -0.39 is 11.7 Å². The van der Waals surface area contributed by atoms with E-state index in [4.69, 9.17) is 9.73 Å². The van der Waals surface area contributed by atoms with Gasteiger partial charge in [-0.05, 0) is 67.8 Å². The maximum atomic E-state index is 13.4. The average Bonchev–Trinajstić information content (AvgIpc) is 3.57. The van der Waals surface area contributed by atoms with Gasteiger partial charge in [0.15, 0.2) is 0 Å². The van der Waals surface area contributed by atoms with E-state index in [1.54, 1.807) is 30.2 Å². The summed E-state index contributed by atoms with van der Waals surface area (Å²) in [7, 11) is 1.92. The molecular weight excluding hydrogens is 470 g/mol. The van der Waals surface area contributed by atoms with Gasteiger partial charge in [0.05, 0.1) is 23.6 Å². The fourth-order valence-electron chi connectivity index (χ4n) is 4.47. The molecule has 1 radical (unpaired) electrons. The van der Waals surface area contributed by atoms with Gasteiger partial charge in [-0.3, -0.25) is 4.99 Å². The predicted molar refractivity (Wildman–Crippen MR) is 131 cm³/mol. The van der Waals surface area contributed by atoms with Gasteiger partial charge in [-0.2, -0.15) is 13.2 Å². The van der Waals surface area contributed by atoms with Gasteiger partial charge in [-0.15, -0.1) is 0 Å². The van der Waals surface area contributed by atoms with Crippen molar-refractivity contribution in [2.24, 2.45) is 10.9 Å².